The van der Waals surface area contributed by atoms with Crippen LogP contribution in [0.5, 0.6) is 0 Å². The Morgan fingerprint density at radius 3 is 2.04 bits per heavy atom. The van der Waals surface area contributed by atoms with Crippen molar-refractivity contribution in [1.82, 2.24) is 4.98 Å². The van der Waals surface area contributed by atoms with Crippen LogP contribution >= 0.6 is 11.3 Å². The van der Waals surface area contributed by atoms with Gasteiger partial charge < -0.3 is 14.8 Å². The van der Waals surface area contributed by atoms with Crippen molar-refractivity contribution in [1.29, 1.82) is 0 Å². The zero-order chi connectivity index (χ0) is 17.9. The van der Waals surface area contributed by atoms with Crippen LogP contribution in [0.2, 0.25) is 0 Å². The van der Waals surface area contributed by atoms with Crippen LogP contribution in [-0.4, -0.2) is 30.1 Å². The summed E-state index contributed by atoms with van der Waals surface area (Å²) in [7, 11) is 0. The van der Waals surface area contributed by atoms with Crippen LogP contribution in [0.1, 0.15) is 51.1 Å². The minimum Gasteiger partial charge on any atom is -0.462 e. The normalized spacial score (nSPS) is 10.2. The van der Waals surface area contributed by atoms with Crippen molar-refractivity contribution in [3.63, 3.8) is 0 Å². The SMILES string of the molecule is CCCOC(=O)C(=CNc1nc(CC)c(CC)s1)C(=O)OCCC. The first-order chi connectivity index (χ1) is 11.6. The average Bonchev–Trinajstić information content (AvgIpc) is 3.00. The van der Waals surface area contributed by atoms with Gasteiger partial charge in [0.25, 0.3) is 0 Å². The molecule has 0 aliphatic rings. The van der Waals surface area contributed by atoms with E-state index in [0.29, 0.717) is 18.0 Å². The Hall–Kier alpha value is -1.89. The molecule has 134 valence electrons. The van der Waals surface area contributed by atoms with E-state index in [2.05, 4.69) is 17.2 Å². The second kappa shape index (κ2) is 10.8. The molecule has 1 rings (SSSR count). The standard InChI is InChI=1S/C17H26N2O4S/c1-5-9-22-15(20)12(16(21)23-10-6-2)11-18-17-19-13(7-3)14(8-4)24-17/h11H,5-10H2,1-4H3,(H,18,19). The highest BCUT2D eigenvalue weighted by molar-refractivity contribution is 7.15. The third-order valence-corrected chi connectivity index (χ3v) is 4.26. The largest absolute Gasteiger partial charge is 0.462 e. The summed E-state index contributed by atoms with van der Waals surface area (Å²) in [5.74, 6) is -1.37. The van der Waals surface area contributed by atoms with Gasteiger partial charge in [-0.2, -0.15) is 0 Å². The van der Waals surface area contributed by atoms with Gasteiger partial charge in [-0.3, -0.25) is 0 Å². The van der Waals surface area contributed by atoms with Crippen molar-refractivity contribution in [2.75, 3.05) is 18.5 Å². The molecule has 0 radical (unpaired) electrons. The quantitative estimate of drug-likeness (QED) is 0.300. The molecule has 0 aromatic carbocycles. The fourth-order valence-corrected chi connectivity index (χ4v) is 2.84. The number of esters is 2. The van der Waals surface area contributed by atoms with Gasteiger partial charge in [-0.05, 0) is 25.7 Å². The lowest BCUT2D eigenvalue weighted by Crippen LogP contribution is -2.20. The number of hydrogen-bond acceptors (Lipinski definition) is 7. The van der Waals surface area contributed by atoms with E-state index in [1.807, 2.05) is 20.8 Å². The Kier molecular flexibility index (Phi) is 9.07. The number of anilines is 1. The molecular weight excluding hydrogens is 328 g/mol. The molecule has 24 heavy (non-hydrogen) atoms. The predicted molar refractivity (Wildman–Crippen MR) is 95.1 cm³/mol. The van der Waals surface area contributed by atoms with Crippen LogP contribution in [0.3, 0.4) is 0 Å². The maximum atomic E-state index is 12.1. The Morgan fingerprint density at radius 2 is 1.62 bits per heavy atom. The summed E-state index contributed by atoms with van der Waals surface area (Å²) in [4.78, 5) is 29.8. The monoisotopic (exact) mass is 354 g/mol. The van der Waals surface area contributed by atoms with E-state index in [9.17, 15) is 9.59 Å². The zero-order valence-corrected chi connectivity index (χ0v) is 15.6. The highest BCUT2D eigenvalue weighted by atomic mass is 32.1. The molecule has 0 amide bonds. The third kappa shape index (κ3) is 5.96. The van der Waals surface area contributed by atoms with Crippen molar-refractivity contribution in [2.45, 2.75) is 53.4 Å². The highest BCUT2D eigenvalue weighted by Gasteiger charge is 2.21. The number of carbonyl (C=O) groups is 2. The summed E-state index contributed by atoms with van der Waals surface area (Å²) in [6.45, 7) is 8.41. The first kappa shape index (κ1) is 20.2. The number of nitrogens with one attached hydrogen (secondary N) is 1. The Morgan fingerprint density at radius 1 is 1.04 bits per heavy atom. The maximum Gasteiger partial charge on any atom is 0.347 e. The summed E-state index contributed by atoms with van der Waals surface area (Å²) < 4.78 is 10.1. The van der Waals surface area contributed by atoms with E-state index in [1.54, 1.807) is 0 Å². The fraction of sp³-hybridized carbons (Fsp3) is 0.588. The molecule has 0 bridgehead atoms. The molecule has 0 saturated heterocycles. The number of hydrogen-bond donors (Lipinski definition) is 1. The van der Waals surface area contributed by atoms with Gasteiger partial charge in [0.15, 0.2) is 10.7 Å². The van der Waals surface area contributed by atoms with Gasteiger partial charge in [0, 0.05) is 11.1 Å². The van der Waals surface area contributed by atoms with Gasteiger partial charge in [0.05, 0.1) is 18.9 Å². The average molecular weight is 354 g/mol. The van der Waals surface area contributed by atoms with E-state index >= 15 is 0 Å². The number of thiazole rings is 1. The molecule has 0 aliphatic heterocycles. The number of aromatic nitrogens is 1. The van der Waals surface area contributed by atoms with Crippen LogP contribution in [0.4, 0.5) is 5.13 Å². The molecule has 1 heterocycles. The Bertz CT molecular complexity index is 538. The van der Waals surface area contributed by atoms with E-state index in [-0.39, 0.29) is 18.8 Å². The number of nitrogens with zero attached hydrogens (tertiary/aromatic N) is 1. The van der Waals surface area contributed by atoms with Crippen molar-refractivity contribution < 1.29 is 19.1 Å². The molecule has 0 saturated carbocycles. The smallest absolute Gasteiger partial charge is 0.347 e. The molecular formula is C17H26N2O4S. The lowest BCUT2D eigenvalue weighted by atomic mass is 10.2. The van der Waals surface area contributed by atoms with E-state index < -0.39 is 11.9 Å². The van der Waals surface area contributed by atoms with Crippen LogP contribution in [0, 0.1) is 0 Å². The first-order valence-corrected chi connectivity index (χ1v) is 9.18. The van der Waals surface area contributed by atoms with Crippen molar-refractivity contribution in [2.24, 2.45) is 0 Å². The first-order valence-electron chi connectivity index (χ1n) is 8.36. The summed E-state index contributed by atoms with van der Waals surface area (Å²) >= 11 is 1.51. The second-order valence-corrected chi connectivity index (χ2v) is 6.15. The summed E-state index contributed by atoms with van der Waals surface area (Å²) in [5, 5.41) is 3.58. The highest BCUT2D eigenvalue weighted by Crippen LogP contribution is 2.24. The minimum atomic E-state index is -0.687. The third-order valence-electron chi connectivity index (χ3n) is 3.09. The van der Waals surface area contributed by atoms with Crippen LogP contribution in [0.15, 0.2) is 11.8 Å². The zero-order valence-electron chi connectivity index (χ0n) is 14.8. The van der Waals surface area contributed by atoms with Crippen LogP contribution in [-0.2, 0) is 31.9 Å². The molecule has 6 nitrogen and oxygen atoms in total. The molecule has 0 spiro atoms. The molecule has 0 fully saturated rings. The van der Waals surface area contributed by atoms with Crippen LogP contribution in [0.25, 0.3) is 0 Å². The number of rotatable bonds is 10. The summed E-state index contributed by atoms with van der Waals surface area (Å²) in [5.41, 5.74) is 0.880. The van der Waals surface area contributed by atoms with Gasteiger partial charge in [0.1, 0.15) is 0 Å². The number of ether oxygens (including phenoxy) is 2. The van der Waals surface area contributed by atoms with E-state index in [0.717, 1.165) is 18.5 Å². The summed E-state index contributed by atoms with van der Waals surface area (Å²) in [6, 6.07) is 0. The molecule has 1 aromatic heterocycles. The Balaban J connectivity index is 2.91. The van der Waals surface area contributed by atoms with Gasteiger partial charge in [-0.1, -0.05) is 27.7 Å². The number of aryl methyl sites for hydroxylation is 2. The molecule has 1 aromatic rings. The lowest BCUT2D eigenvalue weighted by Gasteiger charge is -2.08. The van der Waals surface area contributed by atoms with E-state index in [4.69, 9.17) is 9.47 Å². The van der Waals surface area contributed by atoms with Gasteiger partial charge in [-0.15, -0.1) is 11.3 Å². The Labute approximate surface area is 147 Å². The molecule has 0 atom stereocenters. The van der Waals surface area contributed by atoms with Crippen molar-refractivity contribution >= 4 is 28.4 Å². The van der Waals surface area contributed by atoms with E-state index in [1.165, 1.54) is 22.4 Å². The summed E-state index contributed by atoms with van der Waals surface area (Å²) in [6.07, 6.45) is 4.43. The number of carbonyl (C=O) groups excluding carboxylic acids is 2. The lowest BCUT2D eigenvalue weighted by molar-refractivity contribution is -0.147. The molecule has 1 N–H and O–H groups in total. The van der Waals surface area contributed by atoms with Gasteiger partial charge >= 0.3 is 11.9 Å². The molecule has 7 heteroatoms. The van der Waals surface area contributed by atoms with Gasteiger partial charge in [-0.25, -0.2) is 14.6 Å². The van der Waals surface area contributed by atoms with Gasteiger partial charge in [0.2, 0.25) is 0 Å². The topological polar surface area (TPSA) is 77.5 Å². The van der Waals surface area contributed by atoms with Crippen LogP contribution < -0.4 is 5.32 Å². The minimum absolute atomic E-state index is 0.150. The van der Waals surface area contributed by atoms with Crippen molar-refractivity contribution in [3.05, 3.63) is 22.3 Å². The predicted octanol–water partition coefficient (Wildman–Crippen LogP) is 3.47. The molecule has 0 unspecified atom stereocenters. The molecule has 0 aliphatic carbocycles. The fourth-order valence-electron chi connectivity index (χ4n) is 1.88. The van der Waals surface area contributed by atoms with Crippen molar-refractivity contribution in [3.8, 4) is 0 Å². The second-order valence-electron chi connectivity index (χ2n) is 5.07. The maximum absolute atomic E-state index is 12.1.